The van der Waals surface area contributed by atoms with Crippen molar-refractivity contribution in [3.8, 4) is 0 Å². The van der Waals surface area contributed by atoms with Gasteiger partial charge >= 0.3 is 5.97 Å². The van der Waals surface area contributed by atoms with E-state index in [0.717, 1.165) is 0 Å². The van der Waals surface area contributed by atoms with E-state index in [-0.39, 0.29) is 17.1 Å². The van der Waals surface area contributed by atoms with Gasteiger partial charge in [0.25, 0.3) is 0 Å². The summed E-state index contributed by atoms with van der Waals surface area (Å²) in [6, 6.07) is 0. The number of ketones is 1. The molecule has 0 spiro atoms. The number of carbonyl (C=O) groups is 2. The van der Waals surface area contributed by atoms with Gasteiger partial charge in [0.15, 0.2) is 16.7 Å². The number of rotatable bonds is 4. The molecule has 0 aromatic rings. The van der Waals surface area contributed by atoms with Crippen LogP contribution in [0.25, 0.3) is 0 Å². The largest absolute Gasteiger partial charge is 0.483 e. The summed E-state index contributed by atoms with van der Waals surface area (Å²) < 4.78 is 0.174. The van der Waals surface area contributed by atoms with E-state index in [0.29, 0.717) is 12.0 Å². The topological polar surface area (TPSA) is 63.6 Å². The number of alkyl halides is 6. The molecule has 0 aromatic carbocycles. The van der Waals surface area contributed by atoms with Gasteiger partial charge in [-0.15, -0.1) is 0 Å². The van der Waals surface area contributed by atoms with E-state index < -0.39 is 30.4 Å². The van der Waals surface area contributed by atoms with Gasteiger partial charge in [-0.25, -0.2) is 4.79 Å². The SMILES string of the molecule is CCC1(Br)C(=O)C2=C(C=C(OCC(=O)O)C(Cl)(Cl)C2(Cl)Cl)C1Br. The molecule has 0 saturated heterocycles. The van der Waals surface area contributed by atoms with E-state index in [1.807, 2.05) is 6.92 Å². The van der Waals surface area contributed by atoms with Gasteiger partial charge in [-0.2, -0.15) is 0 Å². The molecule has 2 atom stereocenters. The molecule has 23 heavy (non-hydrogen) atoms. The van der Waals surface area contributed by atoms with Crippen LogP contribution in [0.5, 0.6) is 0 Å². The van der Waals surface area contributed by atoms with Gasteiger partial charge in [-0.3, -0.25) is 4.79 Å². The third-order valence-electron chi connectivity index (χ3n) is 3.74. The van der Waals surface area contributed by atoms with Crippen molar-refractivity contribution in [2.75, 3.05) is 6.61 Å². The van der Waals surface area contributed by atoms with Crippen molar-refractivity contribution in [3.63, 3.8) is 0 Å². The van der Waals surface area contributed by atoms with Crippen LogP contribution in [0.1, 0.15) is 13.3 Å². The Labute approximate surface area is 169 Å². The summed E-state index contributed by atoms with van der Waals surface area (Å²) in [6.45, 7) is 1.15. The van der Waals surface area contributed by atoms with Crippen LogP contribution in [0.4, 0.5) is 0 Å². The van der Waals surface area contributed by atoms with Gasteiger partial charge in [-0.1, -0.05) is 85.2 Å². The van der Waals surface area contributed by atoms with Crippen LogP contribution in [0, 0.1) is 0 Å². The van der Waals surface area contributed by atoms with E-state index in [2.05, 4.69) is 31.9 Å². The van der Waals surface area contributed by atoms with Gasteiger partial charge in [0.1, 0.15) is 10.1 Å². The van der Waals surface area contributed by atoms with Crippen molar-refractivity contribution in [2.24, 2.45) is 0 Å². The fourth-order valence-corrected chi connectivity index (χ4v) is 4.77. The van der Waals surface area contributed by atoms with Crippen molar-refractivity contribution in [3.05, 3.63) is 23.0 Å². The second kappa shape index (κ2) is 6.36. The highest BCUT2D eigenvalue weighted by Gasteiger charge is 2.65. The number of carboxylic acid groups (broad SMARTS) is 1. The summed E-state index contributed by atoms with van der Waals surface area (Å²) in [5, 5.41) is 8.76. The Kier molecular flexibility index (Phi) is 5.49. The average molecular weight is 532 g/mol. The molecule has 2 aliphatic carbocycles. The molecule has 0 fully saturated rings. The number of carboxylic acids is 1. The summed E-state index contributed by atoms with van der Waals surface area (Å²) in [6.07, 6.45) is 1.87. The van der Waals surface area contributed by atoms with Crippen LogP contribution in [-0.2, 0) is 14.3 Å². The van der Waals surface area contributed by atoms with Gasteiger partial charge in [-0.05, 0) is 18.1 Å². The molecule has 0 aliphatic heterocycles. The first kappa shape index (κ1) is 19.9. The predicted molar refractivity (Wildman–Crippen MR) is 97.2 cm³/mol. The first-order valence-electron chi connectivity index (χ1n) is 6.36. The number of Topliss-reactive ketones (excluding diaryl/α,β-unsaturated/α-hetero) is 1. The molecule has 2 aliphatic rings. The molecule has 0 radical (unpaired) electrons. The fourth-order valence-electron chi connectivity index (χ4n) is 2.45. The molecule has 0 amide bonds. The van der Waals surface area contributed by atoms with Gasteiger partial charge in [0, 0.05) is 5.57 Å². The first-order valence-corrected chi connectivity index (χ1v) is 9.58. The number of aliphatic carboxylic acids is 1. The van der Waals surface area contributed by atoms with Crippen molar-refractivity contribution >= 4 is 90.0 Å². The Bertz CT molecular complexity index is 644. The summed E-state index contributed by atoms with van der Waals surface area (Å²) >= 11 is 32.0. The number of halogens is 6. The molecule has 0 bridgehead atoms. The smallest absolute Gasteiger partial charge is 0.341 e. The minimum Gasteiger partial charge on any atom is -0.483 e. The van der Waals surface area contributed by atoms with Gasteiger partial charge in [0.05, 0.1) is 4.83 Å². The number of carbonyl (C=O) groups excluding carboxylic acids is 1. The summed E-state index contributed by atoms with van der Waals surface area (Å²) in [4.78, 5) is 23.1. The highest BCUT2D eigenvalue weighted by molar-refractivity contribution is 9.13. The fraction of sp³-hybridized carbons (Fsp3) is 0.538. The minimum absolute atomic E-state index is 0.0640. The summed E-state index contributed by atoms with van der Waals surface area (Å²) in [5.74, 6) is -1.68. The molecule has 10 heteroatoms. The number of hydrogen-bond acceptors (Lipinski definition) is 3. The molecule has 0 saturated carbocycles. The molecule has 2 rings (SSSR count). The van der Waals surface area contributed by atoms with E-state index in [4.69, 9.17) is 56.2 Å². The maximum atomic E-state index is 12.8. The quantitative estimate of drug-likeness (QED) is 0.542. The highest BCUT2D eigenvalue weighted by atomic mass is 79.9. The Morgan fingerprint density at radius 2 is 1.91 bits per heavy atom. The molecule has 0 heterocycles. The second-order valence-electron chi connectivity index (χ2n) is 5.08. The summed E-state index contributed by atoms with van der Waals surface area (Å²) in [7, 11) is 0. The minimum atomic E-state index is -2.02. The average Bonchev–Trinajstić information content (AvgIpc) is 2.64. The van der Waals surface area contributed by atoms with Gasteiger partial charge in [0.2, 0.25) is 4.33 Å². The Balaban J connectivity index is 2.59. The lowest BCUT2D eigenvalue weighted by Crippen LogP contribution is -2.46. The Hall–Kier alpha value is 0.540. The van der Waals surface area contributed by atoms with Crippen molar-refractivity contribution < 1.29 is 19.4 Å². The molecule has 0 aromatic heterocycles. The first-order chi connectivity index (χ1) is 10.4. The number of hydrogen-bond donors (Lipinski definition) is 1. The lowest BCUT2D eigenvalue weighted by Gasteiger charge is -2.38. The number of allylic oxidation sites excluding steroid dienone is 4. The molecule has 128 valence electrons. The molecule has 2 unspecified atom stereocenters. The number of ether oxygens (including phenoxy) is 1. The van der Waals surface area contributed by atoms with Crippen LogP contribution >= 0.6 is 78.3 Å². The van der Waals surface area contributed by atoms with E-state index in [9.17, 15) is 9.59 Å². The summed E-state index contributed by atoms with van der Waals surface area (Å²) in [5.41, 5.74) is 0.519. The van der Waals surface area contributed by atoms with Gasteiger partial charge < -0.3 is 9.84 Å². The van der Waals surface area contributed by atoms with E-state index in [1.165, 1.54) is 6.08 Å². The normalized spacial score (nSPS) is 31.7. The van der Waals surface area contributed by atoms with E-state index >= 15 is 0 Å². The molecular formula is C13H10Br2Cl4O4. The maximum absolute atomic E-state index is 12.8. The van der Waals surface area contributed by atoms with E-state index in [1.54, 1.807) is 0 Å². The highest BCUT2D eigenvalue weighted by Crippen LogP contribution is 2.61. The Morgan fingerprint density at radius 3 is 2.39 bits per heavy atom. The second-order valence-corrected chi connectivity index (χ2v) is 10.1. The van der Waals surface area contributed by atoms with Crippen molar-refractivity contribution in [2.45, 2.75) is 31.2 Å². The maximum Gasteiger partial charge on any atom is 0.341 e. The zero-order valence-electron chi connectivity index (χ0n) is 11.5. The monoisotopic (exact) mass is 528 g/mol. The lowest BCUT2D eigenvalue weighted by molar-refractivity contribution is -0.141. The predicted octanol–water partition coefficient (Wildman–Crippen LogP) is 4.52. The van der Waals surface area contributed by atoms with Crippen LogP contribution in [0.3, 0.4) is 0 Å². The van der Waals surface area contributed by atoms with Crippen LogP contribution in [0.2, 0.25) is 0 Å². The molecular weight excluding hydrogens is 522 g/mol. The van der Waals surface area contributed by atoms with Crippen LogP contribution < -0.4 is 0 Å². The molecule has 4 nitrogen and oxygen atoms in total. The third kappa shape index (κ3) is 2.87. The Morgan fingerprint density at radius 1 is 1.35 bits per heavy atom. The van der Waals surface area contributed by atoms with Crippen LogP contribution in [0.15, 0.2) is 23.0 Å². The molecule has 1 N–H and O–H groups in total. The van der Waals surface area contributed by atoms with Crippen LogP contribution in [-0.4, -0.2) is 41.3 Å². The zero-order chi connectivity index (χ0) is 17.8. The van der Waals surface area contributed by atoms with Crippen molar-refractivity contribution in [1.82, 2.24) is 0 Å². The lowest BCUT2D eigenvalue weighted by atomic mass is 9.95. The van der Waals surface area contributed by atoms with Crippen molar-refractivity contribution in [1.29, 1.82) is 0 Å². The third-order valence-corrected chi connectivity index (χ3v) is 9.28. The standard InChI is InChI=1S/C13H10Br2Cl4O4/c1-2-11(15)9(14)5-3-6(23-4-7(20)21)12(16,17)13(18,19)8(5)10(11)22/h3,9H,2,4H2,1H3,(H,20,21). The zero-order valence-corrected chi connectivity index (χ0v) is 17.7.